The predicted molar refractivity (Wildman–Crippen MR) is 92.5 cm³/mol. The summed E-state index contributed by atoms with van der Waals surface area (Å²) in [5, 5.41) is 12.2. The minimum atomic E-state index is -4.69. The molecule has 2 heterocycles. The lowest BCUT2D eigenvalue weighted by atomic mass is 9.72. The number of carbonyl (C=O) groups is 2. The number of amides is 1. The van der Waals surface area contributed by atoms with Gasteiger partial charge >= 0.3 is 25.1 Å². The van der Waals surface area contributed by atoms with Gasteiger partial charge in [0.05, 0.1) is 5.94 Å². The third-order valence-electron chi connectivity index (χ3n) is 4.22. The van der Waals surface area contributed by atoms with Gasteiger partial charge in [0, 0.05) is 0 Å². The first-order chi connectivity index (χ1) is 14.0. The SMILES string of the molecule is Cc1oc(=O)oc1COC(=O)c1cccc2c1OB(O)[C@@H](NC(=O)CC(F)(F)F)C2. The number of rotatable bonds is 5. The van der Waals surface area contributed by atoms with Crippen LogP contribution in [0.3, 0.4) is 0 Å². The van der Waals surface area contributed by atoms with Crippen LogP contribution in [0.5, 0.6) is 5.75 Å². The number of halogens is 3. The molecule has 1 aromatic heterocycles. The molecule has 9 nitrogen and oxygen atoms in total. The maximum absolute atomic E-state index is 12.4. The molecule has 0 radical (unpaired) electrons. The molecule has 1 amide bonds. The van der Waals surface area contributed by atoms with Crippen LogP contribution >= 0.6 is 0 Å². The van der Waals surface area contributed by atoms with Gasteiger partial charge in [0.25, 0.3) is 0 Å². The number of benzene rings is 1. The van der Waals surface area contributed by atoms with Crippen molar-refractivity contribution in [2.24, 2.45) is 0 Å². The van der Waals surface area contributed by atoms with Crippen molar-refractivity contribution < 1.29 is 46.0 Å². The summed E-state index contributed by atoms with van der Waals surface area (Å²) >= 11 is 0. The van der Waals surface area contributed by atoms with Crippen LogP contribution in [0, 0.1) is 6.92 Å². The van der Waals surface area contributed by atoms with Crippen molar-refractivity contribution in [3.05, 3.63) is 51.5 Å². The Hall–Kier alpha value is -3.22. The Morgan fingerprint density at radius 3 is 2.70 bits per heavy atom. The van der Waals surface area contributed by atoms with Crippen LogP contribution in [0.2, 0.25) is 0 Å². The zero-order valence-corrected chi connectivity index (χ0v) is 15.4. The van der Waals surface area contributed by atoms with Crippen LogP contribution in [0.15, 0.2) is 31.8 Å². The second-order valence-corrected chi connectivity index (χ2v) is 6.48. The second-order valence-electron chi connectivity index (χ2n) is 6.48. The topological polar surface area (TPSA) is 128 Å². The van der Waals surface area contributed by atoms with Gasteiger partial charge in [-0.1, -0.05) is 12.1 Å². The molecule has 0 saturated carbocycles. The van der Waals surface area contributed by atoms with Crippen molar-refractivity contribution in [1.82, 2.24) is 5.32 Å². The van der Waals surface area contributed by atoms with Crippen LogP contribution in [0.4, 0.5) is 13.2 Å². The van der Waals surface area contributed by atoms with Crippen molar-refractivity contribution >= 4 is 19.0 Å². The lowest BCUT2D eigenvalue weighted by Gasteiger charge is -2.29. The number of fused-ring (bicyclic) bond motifs is 1. The minimum absolute atomic E-state index is 0.0199. The number of para-hydroxylation sites is 1. The van der Waals surface area contributed by atoms with E-state index in [1.165, 1.54) is 25.1 Å². The molecule has 2 N–H and O–H groups in total. The van der Waals surface area contributed by atoms with Crippen molar-refractivity contribution in [3.63, 3.8) is 0 Å². The van der Waals surface area contributed by atoms with Gasteiger partial charge in [0.2, 0.25) is 5.91 Å². The smallest absolute Gasteiger partial charge is 0.534 e. The molecule has 3 rings (SSSR count). The third kappa shape index (κ3) is 5.03. The van der Waals surface area contributed by atoms with Gasteiger partial charge in [-0.3, -0.25) is 4.79 Å². The number of nitrogens with one attached hydrogen (secondary N) is 1. The van der Waals surface area contributed by atoms with E-state index in [1.54, 1.807) is 0 Å². The number of carbonyl (C=O) groups excluding carboxylic acids is 2. The van der Waals surface area contributed by atoms with E-state index < -0.39 is 50.0 Å². The van der Waals surface area contributed by atoms with E-state index in [0.29, 0.717) is 5.56 Å². The summed E-state index contributed by atoms with van der Waals surface area (Å²) in [7, 11) is -1.68. The lowest BCUT2D eigenvalue weighted by molar-refractivity contribution is -0.154. The Bertz CT molecular complexity index is 1020. The van der Waals surface area contributed by atoms with E-state index in [9.17, 15) is 32.6 Å². The van der Waals surface area contributed by atoms with Gasteiger partial charge in [-0.2, -0.15) is 13.2 Å². The van der Waals surface area contributed by atoms with Crippen molar-refractivity contribution in [1.29, 1.82) is 0 Å². The molecule has 0 unspecified atom stereocenters. The molecule has 1 aliphatic heterocycles. The normalized spacial score (nSPS) is 15.9. The first kappa shape index (κ1) is 21.5. The Morgan fingerprint density at radius 2 is 2.07 bits per heavy atom. The van der Waals surface area contributed by atoms with Crippen molar-refractivity contribution in [2.75, 3.05) is 0 Å². The molecule has 1 atom stereocenters. The molecule has 0 fully saturated rings. The number of aryl methyl sites for hydroxylation is 1. The fourth-order valence-corrected chi connectivity index (χ4v) is 2.86. The molecule has 0 spiro atoms. The first-order valence-electron chi connectivity index (χ1n) is 8.63. The zero-order chi connectivity index (χ0) is 22.1. The molecular weight excluding hydrogens is 414 g/mol. The number of alkyl halides is 3. The first-order valence-corrected chi connectivity index (χ1v) is 8.63. The lowest BCUT2D eigenvalue weighted by Crippen LogP contribution is -2.53. The average molecular weight is 429 g/mol. The summed E-state index contributed by atoms with van der Waals surface area (Å²) in [6, 6.07) is 4.36. The second kappa shape index (κ2) is 8.26. The van der Waals surface area contributed by atoms with E-state index in [0.717, 1.165) is 0 Å². The van der Waals surface area contributed by atoms with Crippen LogP contribution in [0.1, 0.15) is 33.9 Å². The molecule has 0 saturated heterocycles. The summed E-state index contributed by atoms with van der Waals surface area (Å²) in [6.07, 6.45) is -6.46. The van der Waals surface area contributed by atoms with Crippen LogP contribution in [-0.4, -0.2) is 36.1 Å². The molecule has 1 aliphatic rings. The molecule has 13 heteroatoms. The molecule has 2 aromatic rings. The number of hydrogen-bond donors (Lipinski definition) is 2. The van der Waals surface area contributed by atoms with Gasteiger partial charge in [0.1, 0.15) is 17.7 Å². The quantitative estimate of drug-likeness (QED) is 0.538. The largest absolute Gasteiger partial charge is 0.547 e. The summed E-state index contributed by atoms with van der Waals surface area (Å²) in [6.45, 7) is 1.06. The Balaban J connectivity index is 1.71. The minimum Gasteiger partial charge on any atom is -0.534 e. The Labute approximate surface area is 166 Å². The standard InChI is InChI=1S/C17H15BF3NO8/c1-8-11(29-16(25)28-8)7-27-15(24)10-4-2-3-9-5-12(18(26)30-14(9)10)22-13(23)6-17(19,20)21/h2-4,12,26H,5-7H2,1H3,(H,22,23)/t12-/m0/s1. The van der Waals surface area contributed by atoms with Gasteiger partial charge in [-0.25, -0.2) is 9.59 Å². The van der Waals surface area contributed by atoms with E-state index >= 15 is 0 Å². The van der Waals surface area contributed by atoms with E-state index in [4.69, 9.17) is 13.8 Å². The predicted octanol–water partition coefficient (Wildman–Crippen LogP) is 1.29. The average Bonchev–Trinajstić information content (AvgIpc) is 2.95. The number of ether oxygens (including phenoxy) is 1. The van der Waals surface area contributed by atoms with Crippen LogP contribution in [0.25, 0.3) is 0 Å². The molecular formula is C17H15BF3NO8. The summed E-state index contributed by atoms with van der Waals surface area (Å²) in [4.78, 5) is 34.9. The Kier molecular flexibility index (Phi) is 5.92. The number of esters is 1. The monoisotopic (exact) mass is 429 g/mol. The fourth-order valence-electron chi connectivity index (χ4n) is 2.86. The third-order valence-corrected chi connectivity index (χ3v) is 4.22. The van der Waals surface area contributed by atoms with Gasteiger partial charge in [-0.05, 0) is 25.0 Å². The fraction of sp³-hybridized carbons (Fsp3) is 0.353. The molecule has 160 valence electrons. The van der Waals surface area contributed by atoms with E-state index in [2.05, 4.69) is 9.73 Å². The highest BCUT2D eigenvalue weighted by atomic mass is 19.4. The van der Waals surface area contributed by atoms with Crippen molar-refractivity contribution in [2.45, 2.75) is 38.5 Å². The molecule has 0 bridgehead atoms. The van der Waals surface area contributed by atoms with Gasteiger partial charge in [-0.15, -0.1) is 0 Å². The zero-order valence-electron chi connectivity index (χ0n) is 15.4. The van der Waals surface area contributed by atoms with Crippen molar-refractivity contribution in [3.8, 4) is 5.75 Å². The van der Waals surface area contributed by atoms with Gasteiger partial charge < -0.3 is 28.6 Å². The van der Waals surface area contributed by atoms with Gasteiger partial charge in [0.15, 0.2) is 18.1 Å². The van der Waals surface area contributed by atoms with Crippen LogP contribution in [-0.2, 0) is 22.6 Å². The van der Waals surface area contributed by atoms with E-state index in [1.807, 2.05) is 0 Å². The van der Waals surface area contributed by atoms with E-state index in [-0.39, 0.29) is 29.3 Å². The molecule has 30 heavy (non-hydrogen) atoms. The number of hydrogen-bond acceptors (Lipinski definition) is 8. The summed E-state index contributed by atoms with van der Waals surface area (Å²) in [5.41, 5.74) is 0.313. The summed E-state index contributed by atoms with van der Waals surface area (Å²) in [5.74, 6) is -4.12. The highest BCUT2D eigenvalue weighted by Crippen LogP contribution is 2.31. The molecule has 0 aliphatic carbocycles. The highest BCUT2D eigenvalue weighted by Gasteiger charge is 2.40. The maximum atomic E-state index is 12.4. The Morgan fingerprint density at radius 1 is 1.33 bits per heavy atom. The van der Waals surface area contributed by atoms with Crippen LogP contribution < -0.4 is 15.8 Å². The summed E-state index contributed by atoms with van der Waals surface area (Å²) < 4.78 is 56.7. The highest BCUT2D eigenvalue weighted by molar-refractivity contribution is 6.47. The maximum Gasteiger partial charge on any atom is 0.547 e. The molecule has 1 aromatic carbocycles.